The van der Waals surface area contributed by atoms with Crippen LogP contribution < -0.4 is 0 Å². The Balaban J connectivity index is 1.98. The highest BCUT2D eigenvalue weighted by atomic mass is 16.7. The van der Waals surface area contributed by atoms with Crippen molar-refractivity contribution in [3.05, 3.63) is 0 Å². The maximum atomic E-state index is 12.5. The van der Waals surface area contributed by atoms with E-state index >= 15 is 0 Å². The fourth-order valence-corrected chi connectivity index (χ4v) is 4.44. The average molecular weight is 542 g/mol. The Kier molecular flexibility index (Phi) is 18.0. The second-order valence-corrected chi connectivity index (χ2v) is 12.7. The third kappa shape index (κ3) is 19.7. The van der Waals surface area contributed by atoms with Gasteiger partial charge in [-0.15, -0.1) is 0 Å². The minimum atomic E-state index is -0.656. The van der Waals surface area contributed by atoms with Crippen LogP contribution in [0.3, 0.4) is 0 Å². The molecule has 1 aliphatic rings. The lowest BCUT2D eigenvalue weighted by molar-refractivity contribution is -0.162. The van der Waals surface area contributed by atoms with E-state index in [1.165, 1.54) is 77.0 Å². The normalized spacial score (nSPS) is 16.3. The van der Waals surface area contributed by atoms with Gasteiger partial charge in [0.2, 0.25) is 0 Å². The van der Waals surface area contributed by atoms with Gasteiger partial charge in [-0.25, -0.2) is 14.5 Å². The van der Waals surface area contributed by atoms with Crippen LogP contribution in [0.15, 0.2) is 0 Å². The molecule has 1 fully saturated rings. The van der Waals surface area contributed by atoms with Crippen molar-refractivity contribution in [1.82, 2.24) is 4.90 Å². The molecule has 0 bridgehead atoms. The summed E-state index contributed by atoms with van der Waals surface area (Å²) in [7, 11) is 0. The summed E-state index contributed by atoms with van der Waals surface area (Å²) in [6, 6.07) is 0. The number of unbranched alkanes of at least 4 members (excludes halogenated alkanes) is 13. The minimum absolute atomic E-state index is 0.0578. The fraction of sp³-hybridized carbons (Fsp3) is 0.935. The van der Waals surface area contributed by atoms with E-state index in [-0.39, 0.29) is 6.29 Å². The summed E-state index contributed by atoms with van der Waals surface area (Å²) in [5.41, 5.74) is -1.31. The molecule has 0 aromatic heterocycles. The van der Waals surface area contributed by atoms with Crippen molar-refractivity contribution < 1.29 is 28.5 Å². The van der Waals surface area contributed by atoms with Crippen molar-refractivity contribution in [2.45, 2.75) is 168 Å². The number of ether oxygens (including phenoxy) is 4. The molecular weight excluding hydrogens is 482 g/mol. The first-order valence-corrected chi connectivity index (χ1v) is 15.4. The largest absolute Gasteiger partial charge is 0.443 e. The predicted molar refractivity (Wildman–Crippen MR) is 153 cm³/mol. The first-order valence-electron chi connectivity index (χ1n) is 15.4. The molecule has 0 spiro atoms. The lowest BCUT2D eigenvalue weighted by Crippen LogP contribution is -2.44. The highest BCUT2D eigenvalue weighted by Gasteiger charge is 2.30. The molecule has 38 heavy (non-hydrogen) atoms. The summed E-state index contributed by atoms with van der Waals surface area (Å²) < 4.78 is 22.2. The fourth-order valence-electron chi connectivity index (χ4n) is 4.44. The van der Waals surface area contributed by atoms with E-state index in [1.807, 2.05) is 0 Å². The van der Waals surface area contributed by atoms with E-state index in [0.717, 1.165) is 50.2 Å². The maximum Gasteiger partial charge on any atom is 0.419 e. The number of rotatable bonds is 18. The highest BCUT2D eigenvalue weighted by molar-refractivity contribution is 5.88. The number of imide groups is 1. The van der Waals surface area contributed by atoms with Gasteiger partial charge in [0.05, 0.1) is 0 Å². The summed E-state index contributed by atoms with van der Waals surface area (Å²) >= 11 is 0. The van der Waals surface area contributed by atoms with Crippen LogP contribution >= 0.6 is 0 Å². The molecule has 0 aromatic rings. The predicted octanol–water partition coefficient (Wildman–Crippen LogP) is 9.16. The van der Waals surface area contributed by atoms with Crippen molar-refractivity contribution in [3.8, 4) is 0 Å². The number of carbonyl (C=O) groups excluding carboxylic acids is 2. The molecule has 0 saturated carbocycles. The summed E-state index contributed by atoms with van der Waals surface area (Å²) in [6.07, 6.45) is 19.3. The first-order chi connectivity index (χ1) is 18.0. The zero-order valence-corrected chi connectivity index (χ0v) is 25.6. The maximum absolute atomic E-state index is 12.5. The van der Waals surface area contributed by atoms with E-state index in [1.54, 1.807) is 41.5 Å². The quantitative estimate of drug-likeness (QED) is 0.161. The Morgan fingerprint density at radius 3 is 1.47 bits per heavy atom. The van der Waals surface area contributed by atoms with E-state index in [0.29, 0.717) is 6.54 Å². The molecule has 1 saturated heterocycles. The molecule has 0 aliphatic carbocycles. The summed E-state index contributed by atoms with van der Waals surface area (Å²) in [5, 5.41) is 0. The smallest absolute Gasteiger partial charge is 0.419 e. The van der Waals surface area contributed by atoms with Crippen LogP contribution in [0.2, 0.25) is 0 Å². The number of carbonyl (C=O) groups is 2. The summed E-state index contributed by atoms with van der Waals surface area (Å²) in [5.74, 6) is 0. The second kappa shape index (κ2) is 19.7. The van der Waals surface area contributed by atoms with Crippen molar-refractivity contribution in [1.29, 1.82) is 0 Å². The molecule has 224 valence electrons. The lowest BCUT2D eigenvalue weighted by Gasteiger charge is -2.28. The SMILES string of the molecule is CC(C)(C)OC(=O)N(CCCCCCCCCCCCCCCCOC1CCCCO1)C(=O)OC(C)(C)C. The average Bonchev–Trinajstić information content (AvgIpc) is 2.81. The second-order valence-electron chi connectivity index (χ2n) is 12.7. The Bertz CT molecular complexity index is 591. The Labute approximate surface area is 233 Å². The molecule has 2 amide bonds. The van der Waals surface area contributed by atoms with Gasteiger partial charge in [-0.05, 0) is 73.6 Å². The number of amides is 2. The molecule has 7 heteroatoms. The van der Waals surface area contributed by atoms with E-state index in [2.05, 4.69) is 0 Å². The minimum Gasteiger partial charge on any atom is -0.443 e. The number of nitrogens with zero attached hydrogens (tertiary/aromatic N) is 1. The van der Waals surface area contributed by atoms with Crippen LogP contribution in [0.25, 0.3) is 0 Å². The van der Waals surface area contributed by atoms with Crippen LogP contribution in [-0.4, -0.2) is 54.3 Å². The van der Waals surface area contributed by atoms with Gasteiger partial charge in [0.25, 0.3) is 0 Å². The van der Waals surface area contributed by atoms with Crippen LogP contribution in [0.5, 0.6) is 0 Å². The zero-order valence-electron chi connectivity index (χ0n) is 25.6. The molecule has 0 aromatic carbocycles. The van der Waals surface area contributed by atoms with E-state index < -0.39 is 23.4 Å². The molecule has 1 rings (SSSR count). The van der Waals surface area contributed by atoms with Gasteiger partial charge in [0.1, 0.15) is 11.2 Å². The molecule has 1 aliphatic heterocycles. The molecule has 1 heterocycles. The van der Waals surface area contributed by atoms with Gasteiger partial charge in [-0.3, -0.25) is 0 Å². The molecule has 0 radical (unpaired) electrons. The van der Waals surface area contributed by atoms with E-state index in [9.17, 15) is 9.59 Å². The van der Waals surface area contributed by atoms with Crippen LogP contribution in [0.1, 0.15) is 151 Å². The van der Waals surface area contributed by atoms with Crippen LogP contribution in [-0.2, 0) is 18.9 Å². The van der Waals surface area contributed by atoms with Gasteiger partial charge in [-0.2, -0.15) is 0 Å². The molecule has 0 N–H and O–H groups in total. The van der Waals surface area contributed by atoms with Crippen LogP contribution in [0.4, 0.5) is 9.59 Å². The topological polar surface area (TPSA) is 74.3 Å². The van der Waals surface area contributed by atoms with Gasteiger partial charge < -0.3 is 18.9 Å². The van der Waals surface area contributed by atoms with Crippen molar-refractivity contribution in [2.24, 2.45) is 0 Å². The molecule has 1 atom stereocenters. The van der Waals surface area contributed by atoms with Gasteiger partial charge >= 0.3 is 12.2 Å². The third-order valence-corrected chi connectivity index (χ3v) is 6.45. The number of hydrogen-bond donors (Lipinski definition) is 0. The van der Waals surface area contributed by atoms with E-state index in [4.69, 9.17) is 18.9 Å². The molecular formula is C31H59NO6. The van der Waals surface area contributed by atoms with Gasteiger partial charge in [0.15, 0.2) is 6.29 Å². The Morgan fingerprint density at radius 1 is 0.658 bits per heavy atom. The molecule has 1 unspecified atom stereocenters. The zero-order chi connectivity index (χ0) is 28.3. The third-order valence-electron chi connectivity index (χ3n) is 6.45. The summed E-state index contributed by atoms with van der Waals surface area (Å²) in [4.78, 5) is 26.2. The first kappa shape index (κ1) is 34.7. The number of hydrogen-bond acceptors (Lipinski definition) is 6. The summed E-state index contributed by atoms with van der Waals surface area (Å²) in [6.45, 7) is 12.8. The van der Waals surface area contributed by atoms with Gasteiger partial charge in [0, 0.05) is 19.8 Å². The lowest BCUT2D eigenvalue weighted by atomic mass is 10.0. The standard InChI is InChI=1S/C31H59NO6/c1-30(2,3)37-28(33)32(29(34)38-31(4,5)6)24-20-17-15-13-11-9-7-8-10-12-14-16-18-21-25-35-27-23-19-22-26-36-27/h27H,7-26H2,1-6H3. The van der Waals surface area contributed by atoms with Crippen molar-refractivity contribution in [3.63, 3.8) is 0 Å². The monoisotopic (exact) mass is 541 g/mol. The Hall–Kier alpha value is -1.34. The Morgan fingerprint density at radius 2 is 1.08 bits per heavy atom. The van der Waals surface area contributed by atoms with Gasteiger partial charge in [-0.1, -0.05) is 77.0 Å². The van der Waals surface area contributed by atoms with Crippen molar-refractivity contribution in [2.75, 3.05) is 19.8 Å². The van der Waals surface area contributed by atoms with Crippen molar-refractivity contribution >= 4 is 12.2 Å². The highest BCUT2D eigenvalue weighted by Crippen LogP contribution is 2.18. The van der Waals surface area contributed by atoms with Crippen LogP contribution in [0, 0.1) is 0 Å². The molecule has 7 nitrogen and oxygen atoms in total.